The lowest BCUT2D eigenvalue weighted by atomic mass is 10.1. The highest BCUT2D eigenvalue weighted by atomic mass is 16.1. The summed E-state index contributed by atoms with van der Waals surface area (Å²) in [6.45, 7) is 0.561. The minimum atomic E-state index is -0.149. The van der Waals surface area contributed by atoms with Crippen molar-refractivity contribution in [1.29, 1.82) is 0 Å². The van der Waals surface area contributed by atoms with Gasteiger partial charge in [-0.05, 0) is 30.2 Å². The van der Waals surface area contributed by atoms with Crippen LogP contribution in [-0.4, -0.2) is 22.4 Å². The summed E-state index contributed by atoms with van der Waals surface area (Å²) in [6.07, 6.45) is 4.15. The molecule has 0 saturated heterocycles. The summed E-state index contributed by atoms with van der Waals surface area (Å²) in [5.74, 6) is -0.149. The molecule has 1 N–H and O–H groups in total. The summed E-state index contributed by atoms with van der Waals surface area (Å²) in [5.41, 5.74) is 2.56. The van der Waals surface area contributed by atoms with Crippen molar-refractivity contribution in [3.63, 3.8) is 0 Å². The minimum absolute atomic E-state index is 0.149. The van der Waals surface area contributed by atoms with Crippen molar-refractivity contribution in [2.45, 2.75) is 6.42 Å². The number of hydrogen-bond donors (Lipinski definition) is 1. The zero-order valence-electron chi connectivity index (χ0n) is 11.5. The van der Waals surface area contributed by atoms with Gasteiger partial charge in [-0.15, -0.1) is 0 Å². The first-order chi connectivity index (χ1) is 10.3. The van der Waals surface area contributed by atoms with Crippen molar-refractivity contribution < 1.29 is 4.79 Å². The number of pyridine rings is 2. The molecule has 1 amide bonds. The molecule has 0 bridgehead atoms. The van der Waals surface area contributed by atoms with Crippen molar-refractivity contribution in [2.75, 3.05) is 6.54 Å². The Labute approximate surface area is 122 Å². The molecule has 0 atom stereocenters. The van der Waals surface area contributed by atoms with Crippen molar-refractivity contribution >= 4 is 16.8 Å². The first kappa shape index (κ1) is 13.2. The summed E-state index contributed by atoms with van der Waals surface area (Å²) in [4.78, 5) is 20.4. The van der Waals surface area contributed by atoms with Crippen LogP contribution in [0.1, 0.15) is 16.1 Å². The third-order valence-corrected chi connectivity index (χ3v) is 3.29. The van der Waals surface area contributed by atoms with E-state index in [4.69, 9.17) is 0 Å². The topological polar surface area (TPSA) is 54.9 Å². The van der Waals surface area contributed by atoms with Crippen LogP contribution in [0, 0.1) is 0 Å². The molecule has 0 fully saturated rings. The summed E-state index contributed by atoms with van der Waals surface area (Å²) < 4.78 is 0. The van der Waals surface area contributed by atoms with Gasteiger partial charge < -0.3 is 5.32 Å². The highest BCUT2D eigenvalue weighted by Crippen LogP contribution is 2.15. The van der Waals surface area contributed by atoms with E-state index in [1.165, 1.54) is 0 Å². The van der Waals surface area contributed by atoms with Crippen LogP contribution in [-0.2, 0) is 6.42 Å². The average Bonchev–Trinajstić information content (AvgIpc) is 2.56. The predicted molar refractivity (Wildman–Crippen MR) is 82.0 cm³/mol. The lowest BCUT2D eigenvalue weighted by Crippen LogP contribution is -2.26. The Morgan fingerprint density at radius 1 is 0.952 bits per heavy atom. The van der Waals surface area contributed by atoms with E-state index in [1.807, 2.05) is 30.3 Å². The van der Waals surface area contributed by atoms with E-state index in [0.717, 1.165) is 22.9 Å². The van der Waals surface area contributed by atoms with Crippen LogP contribution >= 0.6 is 0 Å². The maximum absolute atomic E-state index is 11.9. The molecule has 0 aliphatic heterocycles. The molecule has 0 unspecified atom stereocenters. The van der Waals surface area contributed by atoms with Crippen LogP contribution < -0.4 is 5.32 Å². The number of para-hydroxylation sites is 1. The van der Waals surface area contributed by atoms with Crippen LogP contribution in [0.4, 0.5) is 0 Å². The van der Waals surface area contributed by atoms with Crippen molar-refractivity contribution in [1.82, 2.24) is 15.3 Å². The van der Waals surface area contributed by atoms with E-state index in [1.54, 1.807) is 30.6 Å². The molecular formula is C17H15N3O. The van der Waals surface area contributed by atoms with E-state index < -0.39 is 0 Å². The van der Waals surface area contributed by atoms with Crippen molar-refractivity contribution in [3.05, 3.63) is 72.2 Å². The van der Waals surface area contributed by atoms with Crippen molar-refractivity contribution in [2.24, 2.45) is 0 Å². The second-order valence-corrected chi connectivity index (χ2v) is 4.71. The largest absolute Gasteiger partial charge is 0.350 e. The number of hydrogen-bond acceptors (Lipinski definition) is 3. The maximum Gasteiger partial charge on any atom is 0.269 e. The molecule has 0 spiro atoms. The molecular weight excluding hydrogens is 262 g/mol. The lowest BCUT2D eigenvalue weighted by Gasteiger charge is -2.07. The Balaban J connectivity index is 1.66. The van der Waals surface area contributed by atoms with Gasteiger partial charge in [0, 0.05) is 24.3 Å². The molecule has 2 aromatic heterocycles. The average molecular weight is 277 g/mol. The number of aromatic nitrogens is 2. The third kappa shape index (κ3) is 3.05. The zero-order valence-corrected chi connectivity index (χ0v) is 11.5. The normalized spacial score (nSPS) is 10.5. The molecule has 2 heterocycles. The molecule has 4 heteroatoms. The van der Waals surface area contributed by atoms with Gasteiger partial charge in [0.1, 0.15) is 5.69 Å². The molecule has 21 heavy (non-hydrogen) atoms. The summed E-state index contributed by atoms with van der Waals surface area (Å²) in [6, 6.07) is 15.4. The van der Waals surface area contributed by atoms with E-state index >= 15 is 0 Å². The Hall–Kier alpha value is -2.75. The van der Waals surface area contributed by atoms with Gasteiger partial charge in [-0.25, -0.2) is 0 Å². The minimum Gasteiger partial charge on any atom is -0.350 e. The monoisotopic (exact) mass is 277 g/mol. The van der Waals surface area contributed by atoms with E-state index in [9.17, 15) is 4.79 Å². The standard InChI is InChI=1S/C17H15N3O/c21-17(15-8-1-2-10-18-15)20-12-9-14-6-3-5-13-7-4-11-19-16(13)14/h1-8,10-11H,9,12H2,(H,20,21). The van der Waals surface area contributed by atoms with Gasteiger partial charge in [0.15, 0.2) is 0 Å². The Morgan fingerprint density at radius 2 is 1.81 bits per heavy atom. The third-order valence-electron chi connectivity index (χ3n) is 3.29. The second kappa shape index (κ2) is 6.13. The van der Waals surface area contributed by atoms with Crippen molar-refractivity contribution in [3.8, 4) is 0 Å². The number of carbonyl (C=O) groups is 1. The van der Waals surface area contributed by atoms with Gasteiger partial charge in [-0.1, -0.05) is 30.3 Å². The molecule has 3 aromatic rings. The Kier molecular flexibility index (Phi) is 3.87. The van der Waals surface area contributed by atoms with E-state index in [0.29, 0.717) is 12.2 Å². The predicted octanol–water partition coefficient (Wildman–Crippen LogP) is 2.60. The van der Waals surface area contributed by atoms with Crippen LogP contribution in [0.25, 0.3) is 10.9 Å². The quantitative estimate of drug-likeness (QED) is 0.797. The van der Waals surface area contributed by atoms with Gasteiger partial charge in [-0.3, -0.25) is 14.8 Å². The molecule has 4 nitrogen and oxygen atoms in total. The Morgan fingerprint density at radius 3 is 2.67 bits per heavy atom. The van der Waals surface area contributed by atoms with E-state index in [2.05, 4.69) is 15.3 Å². The number of nitrogens with zero attached hydrogens (tertiary/aromatic N) is 2. The first-order valence-corrected chi connectivity index (χ1v) is 6.86. The molecule has 104 valence electrons. The highest BCUT2D eigenvalue weighted by Gasteiger charge is 2.06. The molecule has 0 saturated carbocycles. The summed E-state index contributed by atoms with van der Waals surface area (Å²) >= 11 is 0. The lowest BCUT2D eigenvalue weighted by molar-refractivity contribution is 0.0949. The molecule has 1 aromatic carbocycles. The van der Waals surface area contributed by atoms with Crippen LogP contribution in [0.5, 0.6) is 0 Å². The van der Waals surface area contributed by atoms with E-state index in [-0.39, 0.29) is 5.91 Å². The fourth-order valence-electron chi connectivity index (χ4n) is 2.27. The first-order valence-electron chi connectivity index (χ1n) is 6.86. The van der Waals surface area contributed by atoms with Crippen LogP contribution in [0.3, 0.4) is 0 Å². The number of benzene rings is 1. The second-order valence-electron chi connectivity index (χ2n) is 4.71. The molecule has 0 radical (unpaired) electrons. The summed E-state index contributed by atoms with van der Waals surface area (Å²) in [5, 5.41) is 4.00. The molecule has 0 aliphatic carbocycles. The van der Waals surface area contributed by atoms with Gasteiger partial charge in [0.2, 0.25) is 0 Å². The zero-order chi connectivity index (χ0) is 14.5. The fraction of sp³-hybridized carbons (Fsp3) is 0.118. The number of amides is 1. The van der Waals surface area contributed by atoms with Gasteiger partial charge in [-0.2, -0.15) is 0 Å². The number of nitrogens with one attached hydrogen (secondary N) is 1. The van der Waals surface area contributed by atoms with Crippen LogP contribution in [0.15, 0.2) is 60.9 Å². The number of fused-ring (bicyclic) bond motifs is 1. The number of rotatable bonds is 4. The fourth-order valence-corrected chi connectivity index (χ4v) is 2.27. The number of carbonyl (C=O) groups excluding carboxylic acids is 1. The maximum atomic E-state index is 11.9. The van der Waals surface area contributed by atoms with Gasteiger partial charge >= 0.3 is 0 Å². The Bertz CT molecular complexity index is 751. The van der Waals surface area contributed by atoms with Gasteiger partial charge in [0.25, 0.3) is 5.91 Å². The van der Waals surface area contributed by atoms with Crippen LogP contribution in [0.2, 0.25) is 0 Å². The smallest absolute Gasteiger partial charge is 0.269 e. The molecule has 3 rings (SSSR count). The SMILES string of the molecule is O=C(NCCc1cccc2cccnc12)c1ccccn1. The molecule has 0 aliphatic rings. The summed E-state index contributed by atoms with van der Waals surface area (Å²) in [7, 11) is 0. The highest BCUT2D eigenvalue weighted by molar-refractivity contribution is 5.92. The van der Waals surface area contributed by atoms with Gasteiger partial charge in [0.05, 0.1) is 5.52 Å².